The Labute approximate surface area is 128 Å². The summed E-state index contributed by atoms with van der Waals surface area (Å²) >= 11 is 6.05. The first-order chi connectivity index (χ1) is 10.1. The number of nitrogens with one attached hydrogen (secondary N) is 1. The molecule has 0 bridgehead atoms. The Morgan fingerprint density at radius 3 is 2.62 bits per heavy atom. The van der Waals surface area contributed by atoms with Crippen molar-refractivity contribution in [2.24, 2.45) is 0 Å². The molecule has 2 aromatic carbocycles. The second kappa shape index (κ2) is 6.99. The minimum atomic E-state index is -0.267. The molecule has 0 aliphatic rings. The summed E-state index contributed by atoms with van der Waals surface area (Å²) in [7, 11) is 1.50. The number of phenolic OH excluding ortho intramolecular Hbond substituents is 1. The van der Waals surface area contributed by atoms with E-state index in [4.69, 9.17) is 16.3 Å². The second-order valence-electron chi connectivity index (χ2n) is 4.49. The Balaban J connectivity index is 1.97. The molecular weight excluding hydrogens is 290 g/mol. The lowest BCUT2D eigenvalue weighted by atomic mass is 10.1. The first-order valence-corrected chi connectivity index (χ1v) is 6.88. The van der Waals surface area contributed by atoms with Gasteiger partial charge >= 0.3 is 0 Å². The van der Waals surface area contributed by atoms with Gasteiger partial charge in [0.2, 0.25) is 0 Å². The van der Waals surface area contributed by atoms with E-state index in [0.717, 1.165) is 5.56 Å². The largest absolute Gasteiger partial charge is 0.508 e. The number of carbonyl (C=O) groups excluding carboxylic acids is 1. The van der Waals surface area contributed by atoms with Crippen LogP contribution in [0.1, 0.15) is 15.9 Å². The molecule has 1 amide bonds. The third kappa shape index (κ3) is 3.89. The van der Waals surface area contributed by atoms with Crippen molar-refractivity contribution in [3.05, 3.63) is 58.6 Å². The van der Waals surface area contributed by atoms with Crippen LogP contribution in [-0.2, 0) is 6.42 Å². The molecule has 0 unspecified atom stereocenters. The lowest BCUT2D eigenvalue weighted by Gasteiger charge is -2.10. The van der Waals surface area contributed by atoms with Gasteiger partial charge in [0.1, 0.15) is 11.5 Å². The number of benzene rings is 2. The van der Waals surface area contributed by atoms with Crippen molar-refractivity contribution in [3.8, 4) is 11.5 Å². The molecule has 0 heterocycles. The van der Waals surface area contributed by atoms with E-state index < -0.39 is 0 Å². The molecule has 0 fully saturated rings. The Kier molecular flexibility index (Phi) is 5.06. The number of carbonyl (C=O) groups is 1. The average molecular weight is 306 g/mol. The van der Waals surface area contributed by atoms with E-state index in [0.29, 0.717) is 29.3 Å². The Morgan fingerprint density at radius 2 is 1.95 bits per heavy atom. The highest BCUT2D eigenvalue weighted by Crippen LogP contribution is 2.25. The van der Waals surface area contributed by atoms with Crippen molar-refractivity contribution >= 4 is 17.5 Å². The maximum absolute atomic E-state index is 12.2. The Morgan fingerprint density at radius 1 is 1.24 bits per heavy atom. The molecule has 110 valence electrons. The molecule has 21 heavy (non-hydrogen) atoms. The lowest BCUT2D eigenvalue weighted by Crippen LogP contribution is -2.26. The number of hydrogen-bond donors (Lipinski definition) is 2. The van der Waals surface area contributed by atoms with Crippen LogP contribution in [0.25, 0.3) is 0 Å². The van der Waals surface area contributed by atoms with Crippen molar-refractivity contribution in [1.82, 2.24) is 5.32 Å². The summed E-state index contributed by atoms with van der Waals surface area (Å²) in [6.07, 6.45) is 0.665. The molecule has 4 nitrogen and oxygen atoms in total. The van der Waals surface area contributed by atoms with Gasteiger partial charge < -0.3 is 15.2 Å². The predicted molar refractivity (Wildman–Crippen MR) is 82.1 cm³/mol. The number of rotatable bonds is 5. The van der Waals surface area contributed by atoms with Gasteiger partial charge in [-0.1, -0.05) is 29.8 Å². The van der Waals surface area contributed by atoms with Crippen LogP contribution in [-0.4, -0.2) is 24.7 Å². The average Bonchev–Trinajstić information content (AvgIpc) is 2.48. The van der Waals surface area contributed by atoms with E-state index in [2.05, 4.69) is 5.32 Å². The van der Waals surface area contributed by atoms with Crippen LogP contribution in [0, 0.1) is 0 Å². The number of phenols is 1. The molecule has 0 atom stereocenters. The summed E-state index contributed by atoms with van der Waals surface area (Å²) < 4.78 is 5.15. The zero-order valence-corrected chi connectivity index (χ0v) is 12.4. The molecule has 2 N–H and O–H groups in total. The van der Waals surface area contributed by atoms with Crippen LogP contribution in [0.3, 0.4) is 0 Å². The molecule has 0 saturated carbocycles. The van der Waals surface area contributed by atoms with Crippen molar-refractivity contribution in [1.29, 1.82) is 0 Å². The van der Waals surface area contributed by atoms with E-state index in [-0.39, 0.29) is 11.7 Å². The fraction of sp³-hybridized carbons (Fsp3) is 0.188. The predicted octanol–water partition coefficient (Wildman–Crippen LogP) is 3.03. The van der Waals surface area contributed by atoms with Gasteiger partial charge in [0.05, 0.1) is 17.7 Å². The van der Waals surface area contributed by atoms with E-state index in [9.17, 15) is 9.90 Å². The zero-order valence-electron chi connectivity index (χ0n) is 11.6. The minimum Gasteiger partial charge on any atom is -0.508 e. The highest BCUT2D eigenvalue weighted by Gasteiger charge is 2.15. The van der Waals surface area contributed by atoms with Gasteiger partial charge in [0.15, 0.2) is 0 Å². The fourth-order valence-electron chi connectivity index (χ4n) is 1.97. The number of ether oxygens (including phenoxy) is 1. The number of amides is 1. The van der Waals surface area contributed by atoms with E-state index in [1.54, 1.807) is 30.3 Å². The van der Waals surface area contributed by atoms with Gasteiger partial charge in [0, 0.05) is 6.54 Å². The molecule has 2 rings (SSSR count). The first-order valence-electron chi connectivity index (χ1n) is 6.50. The molecule has 0 spiro atoms. The third-order valence-electron chi connectivity index (χ3n) is 3.06. The van der Waals surface area contributed by atoms with Gasteiger partial charge in [-0.15, -0.1) is 0 Å². The first kappa shape index (κ1) is 15.2. The topological polar surface area (TPSA) is 58.6 Å². The molecular formula is C16H16ClNO3. The molecule has 0 saturated heterocycles. The highest BCUT2D eigenvalue weighted by atomic mass is 35.5. The highest BCUT2D eigenvalue weighted by molar-refractivity contribution is 6.34. The summed E-state index contributed by atoms with van der Waals surface area (Å²) in [5.74, 6) is 0.407. The van der Waals surface area contributed by atoms with E-state index >= 15 is 0 Å². The molecule has 2 aromatic rings. The van der Waals surface area contributed by atoms with Gasteiger partial charge in [0.25, 0.3) is 5.91 Å². The van der Waals surface area contributed by atoms with Gasteiger partial charge in [-0.2, -0.15) is 0 Å². The van der Waals surface area contributed by atoms with Gasteiger partial charge in [-0.05, 0) is 36.2 Å². The summed E-state index contributed by atoms with van der Waals surface area (Å²) in [5.41, 5.74) is 1.37. The fourth-order valence-corrected chi connectivity index (χ4v) is 2.22. The lowest BCUT2D eigenvalue weighted by molar-refractivity contribution is 0.0951. The van der Waals surface area contributed by atoms with E-state index in [1.807, 2.05) is 12.1 Å². The standard InChI is InChI=1S/C16H16ClNO3/c1-21-14-4-2-3-13(17)15(14)16(20)18-10-9-11-5-7-12(19)8-6-11/h2-8,19H,9-10H2,1H3,(H,18,20). The number of aromatic hydroxyl groups is 1. The SMILES string of the molecule is COc1cccc(Cl)c1C(=O)NCCc1ccc(O)cc1. The van der Waals surface area contributed by atoms with Crippen LogP contribution < -0.4 is 10.1 Å². The summed E-state index contributed by atoms with van der Waals surface area (Å²) in [6.45, 7) is 0.470. The Hall–Kier alpha value is -2.20. The van der Waals surface area contributed by atoms with Crippen LogP contribution in [0.15, 0.2) is 42.5 Å². The second-order valence-corrected chi connectivity index (χ2v) is 4.90. The maximum atomic E-state index is 12.2. The molecule has 0 radical (unpaired) electrons. The molecule has 5 heteroatoms. The van der Waals surface area contributed by atoms with Crippen molar-refractivity contribution < 1.29 is 14.6 Å². The minimum absolute atomic E-state index is 0.226. The number of hydrogen-bond acceptors (Lipinski definition) is 3. The quantitative estimate of drug-likeness (QED) is 0.892. The molecule has 0 aliphatic carbocycles. The normalized spacial score (nSPS) is 10.2. The van der Waals surface area contributed by atoms with Crippen molar-refractivity contribution in [3.63, 3.8) is 0 Å². The van der Waals surface area contributed by atoms with Crippen LogP contribution >= 0.6 is 11.6 Å². The maximum Gasteiger partial charge on any atom is 0.256 e. The Bertz CT molecular complexity index is 626. The zero-order chi connectivity index (χ0) is 15.2. The molecule has 0 aromatic heterocycles. The molecule has 0 aliphatic heterocycles. The van der Waals surface area contributed by atoms with Gasteiger partial charge in [-0.3, -0.25) is 4.79 Å². The third-order valence-corrected chi connectivity index (χ3v) is 3.37. The summed E-state index contributed by atoms with van der Waals surface area (Å²) in [6, 6.07) is 12.0. The number of halogens is 1. The summed E-state index contributed by atoms with van der Waals surface area (Å²) in [4.78, 5) is 12.2. The van der Waals surface area contributed by atoms with E-state index in [1.165, 1.54) is 7.11 Å². The van der Waals surface area contributed by atoms with Crippen LogP contribution in [0.2, 0.25) is 5.02 Å². The summed E-state index contributed by atoms with van der Waals surface area (Å²) in [5, 5.41) is 12.4. The monoisotopic (exact) mass is 305 g/mol. The number of methoxy groups -OCH3 is 1. The van der Waals surface area contributed by atoms with Crippen molar-refractivity contribution in [2.45, 2.75) is 6.42 Å². The van der Waals surface area contributed by atoms with Crippen LogP contribution in [0.5, 0.6) is 11.5 Å². The van der Waals surface area contributed by atoms with Crippen molar-refractivity contribution in [2.75, 3.05) is 13.7 Å². The van der Waals surface area contributed by atoms with Crippen LogP contribution in [0.4, 0.5) is 0 Å². The smallest absolute Gasteiger partial charge is 0.256 e. The van der Waals surface area contributed by atoms with Gasteiger partial charge in [-0.25, -0.2) is 0 Å².